The van der Waals surface area contributed by atoms with Gasteiger partial charge in [-0.25, -0.2) is 0 Å². The van der Waals surface area contributed by atoms with Crippen LogP contribution < -0.4 is 5.73 Å². The Bertz CT molecular complexity index is 894. The van der Waals surface area contributed by atoms with Crippen molar-refractivity contribution in [2.45, 2.75) is 43.6 Å². The zero-order valence-corrected chi connectivity index (χ0v) is 19.7. The molecule has 2 aliphatic rings. The summed E-state index contributed by atoms with van der Waals surface area (Å²) >= 11 is 4.50. The maximum absolute atomic E-state index is 12.8. The summed E-state index contributed by atoms with van der Waals surface area (Å²) in [6.45, 7) is 2.84. The number of likely N-dealkylation sites (N-methyl/N-ethyl adjacent to an activating group) is 1. The molecule has 2 saturated heterocycles. The number of hydrogen-bond donors (Lipinski definition) is 2. The van der Waals surface area contributed by atoms with Gasteiger partial charge in [0.2, 0.25) is 5.91 Å². The number of rotatable bonds is 9. The fraction of sp³-hybridized carbons (Fsp3) is 0.591. The van der Waals surface area contributed by atoms with Gasteiger partial charge in [0, 0.05) is 43.6 Å². The van der Waals surface area contributed by atoms with E-state index in [0.717, 1.165) is 38.9 Å². The lowest BCUT2D eigenvalue weighted by molar-refractivity contribution is -0.384. The van der Waals surface area contributed by atoms with Crippen molar-refractivity contribution < 1.29 is 19.2 Å². The third-order valence-corrected chi connectivity index (χ3v) is 6.51. The van der Waals surface area contributed by atoms with E-state index in [1.807, 2.05) is 11.9 Å². The summed E-state index contributed by atoms with van der Waals surface area (Å²) in [7, 11) is 1.97. The van der Waals surface area contributed by atoms with E-state index in [4.69, 9.17) is 10.5 Å². The Kier molecular flexibility index (Phi) is 8.67. The van der Waals surface area contributed by atoms with Gasteiger partial charge in [0.25, 0.3) is 5.69 Å². The minimum Gasteiger partial charge on any atom is -0.460 e. The molecular weight excluding hydrogens is 446 g/mol. The number of thiol groups is 1. The lowest BCUT2D eigenvalue weighted by Crippen LogP contribution is -2.43. The number of non-ortho nitro benzene ring substituents is 1. The standard InChI is InChI=1S/C22H31N5O5S/c1-25-13-18(33)10-19(25)22(29)26-9-7-15(12-26)6-8-24-20(23)11-21(28)32-14-16-2-4-17(5-3-16)27(30)31/h2-5,15,18-19,33H,6-14H2,1H3,(H2,23,24)/t15-,18-,19-/m0/s1. The van der Waals surface area contributed by atoms with Gasteiger partial charge in [-0.15, -0.1) is 0 Å². The summed E-state index contributed by atoms with van der Waals surface area (Å²) in [5.41, 5.74) is 6.50. The fourth-order valence-corrected chi connectivity index (χ4v) is 4.72. The summed E-state index contributed by atoms with van der Waals surface area (Å²) in [6, 6.07) is 5.73. The summed E-state index contributed by atoms with van der Waals surface area (Å²) < 4.78 is 5.16. The summed E-state index contributed by atoms with van der Waals surface area (Å²) in [5.74, 6) is 0.269. The molecule has 0 radical (unpaired) electrons. The Morgan fingerprint density at radius 2 is 2.03 bits per heavy atom. The summed E-state index contributed by atoms with van der Waals surface area (Å²) in [6.07, 6.45) is 2.43. The number of nitrogens with two attached hydrogens (primary N) is 1. The number of likely N-dealkylation sites (tertiary alicyclic amines) is 2. The van der Waals surface area contributed by atoms with Crippen molar-refractivity contribution in [1.29, 1.82) is 0 Å². The highest BCUT2D eigenvalue weighted by Gasteiger charge is 2.37. The van der Waals surface area contributed by atoms with Gasteiger partial charge in [0.1, 0.15) is 18.9 Å². The molecule has 0 aliphatic carbocycles. The van der Waals surface area contributed by atoms with E-state index >= 15 is 0 Å². The second kappa shape index (κ2) is 11.5. The minimum atomic E-state index is -0.504. The molecule has 0 saturated carbocycles. The van der Waals surface area contributed by atoms with Crippen LogP contribution in [-0.4, -0.2) is 77.0 Å². The van der Waals surface area contributed by atoms with Crippen LogP contribution in [0.4, 0.5) is 5.69 Å². The first kappa shape index (κ1) is 25.0. The van der Waals surface area contributed by atoms with Crippen molar-refractivity contribution in [3.05, 3.63) is 39.9 Å². The molecule has 1 aromatic rings. The van der Waals surface area contributed by atoms with Crippen LogP contribution in [0.3, 0.4) is 0 Å². The van der Waals surface area contributed by atoms with Gasteiger partial charge in [0.15, 0.2) is 0 Å². The fourth-order valence-electron chi connectivity index (χ4n) is 4.26. The minimum absolute atomic E-state index is 0.0141. The Balaban J connectivity index is 1.35. The Morgan fingerprint density at radius 1 is 1.30 bits per heavy atom. The number of nitro benzene ring substituents is 1. The van der Waals surface area contributed by atoms with Crippen LogP contribution >= 0.6 is 12.6 Å². The monoisotopic (exact) mass is 477 g/mol. The normalized spacial score (nSPS) is 23.6. The van der Waals surface area contributed by atoms with Crippen LogP contribution in [0.5, 0.6) is 0 Å². The number of carbonyl (C=O) groups excluding carboxylic acids is 2. The average molecular weight is 478 g/mol. The SMILES string of the molecule is CN1C[C@@H](S)C[C@H]1C(=O)N1CC[C@H](CCN=C(N)CC(=O)OCc2ccc([N+](=O)[O-])cc2)C1. The van der Waals surface area contributed by atoms with Crippen molar-refractivity contribution in [3.8, 4) is 0 Å². The molecule has 10 nitrogen and oxygen atoms in total. The van der Waals surface area contributed by atoms with E-state index in [1.165, 1.54) is 12.1 Å². The smallest absolute Gasteiger partial charge is 0.313 e. The maximum atomic E-state index is 12.8. The number of hydrogen-bond acceptors (Lipinski definition) is 8. The first-order valence-corrected chi connectivity index (χ1v) is 11.6. The third-order valence-electron chi connectivity index (χ3n) is 6.13. The van der Waals surface area contributed by atoms with Gasteiger partial charge in [0.05, 0.1) is 11.0 Å². The molecular formula is C22H31N5O5S. The number of benzene rings is 1. The molecule has 1 amide bonds. The highest BCUT2D eigenvalue weighted by molar-refractivity contribution is 7.81. The average Bonchev–Trinajstić information content (AvgIpc) is 3.38. The molecule has 33 heavy (non-hydrogen) atoms. The molecule has 180 valence electrons. The topological polar surface area (TPSA) is 131 Å². The Hall–Kier alpha value is -2.66. The second-order valence-corrected chi connectivity index (χ2v) is 9.44. The van der Waals surface area contributed by atoms with Crippen LogP contribution in [0.25, 0.3) is 0 Å². The molecule has 11 heteroatoms. The number of carbonyl (C=O) groups is 2. The molecule has 2 fully saturated rings. The van der Waals surface area contributed by atoms with Gasteiger partial charge in [-0.1, -0.05) is 0 Å². The lowest BCUT2D eigenvalue weighted by atomic mass is 10.1. The number of ether oxygens (including phenoxy) is 1. The number of nitro groups is 1. The van der Waals surface area contributed by atoms with Crippen LogP contribution in [0.15, 0.2) is 29.3 Å². The van der Waals surface area contributed by atoms with E-state index in [1.54, 1.807) is 12.1 Å². The van der Waals surface area contributed by atoms with Crippen LogP contribution in [0.2, 0.25) is 0 Å². The molecule has 3 atom stereocenters. The quantitative estimate of drug-likeness (QED) is 0.138. The predicted molar refractivity (Wildman–Crippen MR) is 127 cm³/mol. The predicted octanol–water partition coefficient (Wildman–Crippen LogP) is 1.63. The number of aliphatic imine (C=N–C) groups is 1. The van der Waals surface area contributed by atoms with Gasteiger partial charge in [-0.3, -0.25) is 29.6 Å². The molecule has 2 aliphatic heterocycles. The maximum Gasteiger partial charge on any atom is 0.313 e. The zero-order valence-electron chi connectivity index (χ0n) is 18.8. The van der Waals surface area contributed by atoms with Gasteiger partial charge < -0.3 is 15.4 Å². The zero-order chi connectivity index (χ0) is 24.0. The molecule has 2 N–H and O–H groups in total. The van der Waals surface area contributed by atoms with Crippen molar-refractivity contribution >= 4 is 36.0 Å². The second-order valence-electron chi connectivity index (χ2n) is 8.71. The van der Waals surface area contributed by atoms with E-state index in [-0.39, 0.29) is 41.7 Å². The van der Waals surface area contributed by atoms with Crippen LogP contribution in [0, 0.1) is 16.0 Å². The van der Waals surface area contributed by atoms with Gasteiger partial charge >= 0.3 is 5.97 Å². The highest BCUT2D eigenvalue weighted by Crippen LogP contribution is 2.26. The van der Waals surface area contributed by atoms with Gasteiger partial charge in [-0.05, 0) is 49.9 Å². The lowest BCUT2D eigenvalue weighted by Gasteiger charge is -2.24. The largest absolute Gasteiger partial charge is 0.460 e. The number of esters is 1. The molecule has 0 spiro atoms. The van der Waals surface area contributed by atoms with Crippen molar-refractivity contribution in [2.75, 3.05) is 33.2 Å². The number of nitrogens with zero attached hydrogens (tertiary/aromatic N) is 4. The van der Waals surface area contributed by atoms with E-state index in [9.17, 15) is 19.7 Å². The first-order valence-electron chi connectivity index (χ1n) is 11.1. The van der Waals surface area contributed by atoms with Crippen LogP contribution in [0.1, 0.15) is 31.2 Å². The summed E-state index contributed by atoms with van der Waals surface area (Å²) in [4.78, 5) is 43.2. The highest BCUT2D eigenvalue weighted by atomic mass is 32.1. The molecule has 0 bridgehead atoms. The van der Waals surface area contributed by atoms with E-state index < -0.39 is 10.9 Å². The Morgan fingerprint density at radius 3 is 2.67 bits per heavy atom. The summed E-state index contributed by atoms with van der Waals surface area (Å²) in [5, 5.41) is 10.9. The number of amidine groups is 1. The molecule has 3 rings (SSSR count). The molecule has 1 aromatic carbocycles. The van der Waals surface area contributed by atoms with Crippen LogP contribution in [-0.2, 0) is 20.9 Å². The van der Waals surface area contributed by atoms with E-state index in [0.29, 0.717) is 18.0 Å². The molecule has 0 unspecified atom stereocenters. The Labute approximate surface area is 198 Å². The third kappa shape index (κ3) is 7.16. The molecule has 0 aromatic heterocycles. The first-order chi connectivity index (χ1) is 15.7. The van der Waals surface area contributed by atoms with Gasteiger partial charge in [-0.2, -0.15) is 12.6 Å². The number of amides is 1. The molecule has 2 heterocycles. The van der Waals surface area contributed by atoms with Crippen molar-refractivity contribution in [3.63, 3.8) is 0 Å². The van der Waals surface area contributed by atoms with Crippen molar-refractivity contribution in [2.24, 2.45) is 16.6 Å². The van der Waals surface area contributed by atoms with E-state index in [2.05, 4.69) is 22.5 Å². The van der Waals surface area contributed by atoms with Crippen molar-refractivity contribution in [1.82, 2.24) is 9.80 Å².